The monoisotopic (exact) mass is 217 g/mol. The van der Waals surface area contributed by atoms with Gasteiger partial charge in [-0.05, 0) is 18.6 Å². The Bertz CT molecular complexity index is 434. The van der Waals surface area contributed by atoms with Crippen molar-refractivity contribution in [2.45, 2.75) is 6.92 Å². The lowest BCUT2D eigenvalue weighted by atomic mass is 10.1. The molecule has 1 aromatic carbocycles. The summed E-state index contributed by atoms with van der Waals surface area (Å²) >= 11 is 0. The summed E-state index contributed by atoms with van der Waals surface area (Å²) in [7, 11) is 3.40. The minimum Gasteiger partial charge on any atom is -0.364 e. The van der Waals surface area contributed by atoms with Gasteiger partial charge in [-0.3, -0.25) is 4.79 Å². The molecule has 0 bridgehead atoms. The molecule has 1 aromatic rings. The minimum atomic E-state index is -0.0744. The number of para-hydroxylation sites is 1. The van der Waals surface area contributed by atoms with Crippen molar-refractivity contribution < 1.29 is 4.79 Å². The maximum Gasteiger partial charge on any atom is 0.239 e. The van der Waals surface area contributed by atoms with Crippen molar-refractivity contribution in [2.24, 2.45) is 0 Å². The van der Waals surface area contributed by atoms with Crippen molar-refractivity contribution in [2.75, 3.05) is 25.5 Å². The molecule has 0 unspecified atom stereocenters. The molecule has 4 heteroatoms. The number of nitrogens with zero attached hydrogens (tertiary/aromatic N) is 2. The molecular weight excluding hydrogens is 202 g/mol. The van der Waals surface area contributed by atoms with E-state index in [1.165, 1.54) is 0 Å². The van der Waals surface area contributed by atoms with Gasteiger partial charge in [0.1, 0.15) is 6.07 Å². The highest BCUT2D eigenvalue weighted by molar-refractivity contribution is 5.82. The van der Waals surface area contributed by atoms with E-state index in [0.29, 0.717) is 5.56 Å². The number of likely N-dealkylation sites (N-methyl/N-ethyl adjacent to an activating group) is 2. The number of aryl methyl sites for hydroxylation is 1. The third-order valence-corrected chi connectivity index (χ3v) is 2.40. The van der Waals surface area contributed by atoms with Gasteiger partial charge in [-0.1, -0.05) is 12.1 Å². The summed E-state index contributed by atoms with van der Waals surface area (Å²) in [6.45, 7) is 2.17. The molecule has 0 heterocycles. The molecule has 84 valence electrons. The van der Waals surface area contributed by atoms with Crippen LogP contribution in [0, 0.1) is 18.3 Å². The van der Waals surface area contributed by atoms with Crippen molar-refractivity contribution in [1.82, 2.24) is 5.32 Å². The maximum atomic E-state index is 11.3. The second-order valence-corrected chi connectivity index (χ2v) is 3.61. The summed E-state index contributed by atoms with van der Waals surface area (Å²) < 4.78 is 0. The van der Waals surface area contributed by atoms with Gasteiger partial charge in [0.15, 0.2) is 0 Å². The van der Waals surface area contributed by atoms with E-state index in [-0.39, 0.29) is 12.5 Å². The van der Waals surface area contributed by atoms with Crippen molar-refractivity contribution in [3.8, 4) is 6.07 Å². The van der Waals surface area contributed by atoms with Gasteiger partial charge >= 0.3 is 0 Å². The molecular formula is C12H15N3O. The predicted octanol–water partition coefficient (Wildman–Crippen LogP) is 1.05. The van der Waals surface area contributed by atoms with Crippen LogP contribution in [0.2, 0.25) is 0 Å². The molecule has 1 amide bonds. The van der Waals surface area contributed by atoms with Crippen LogP contribution < -0.4 is 10.2 Å². The first-order chi connectivity index (χ1) is 7.60. The van der Waals surface area contributed by atoms with Crippen LogP contribution in [0.5, 0.6) is 0 Å². The molecule has 0 saturated carbocycles. The van der Waals surface area contributed by atoms with Gasteiger partial charge in [0.25, 0.3) is 0 Å². The highest BCUT2D eigenvalue weighted by Gasteiger charge is 2.12. The average molecular weight is 217 g/mol. The topological polar surface area (TPSA) is 56.1 Å². The van der Waals surface area contributed by atoms with E-state index < -0.39 is 0 Å². The van der Waals surface area contributed by atoms with Gasteiger partial charge in [0.05, 0.1) is 17.8 Å². The Balaban J connectivity index is 3.03. The molecule has 0 radical (unpaired) electrons. The van der Waals surface area contributed by atoms with Gasteiger partial charge < -0.3 is 10.2 Å². The quantitative estimate of drug-likeness (QED) is 0.823. The maximum absolute atomic E-state index is 11.3. The first kappa shape index (κ1) is 12.1. The lowest BCUT2D eigenvalue weighted by molar-refractivity contribution is -0.119. The SMILES string of the molecule is CNC(=O)CN(C)c1c(C)cccc1C#N. The number of rotatable bonds is 3. The van der Waals surface area contributed by atoms with E-state index in [4.69, 9.17) is 5.26 Å². The number of hydrogen-bond donors (Lipinski definition) is 1. The van der Waals surface area contributed by atoms with Crippen LogP contribution in [0.3, 0.4) is 0 Å². The average Bonchev–Trinajstić information content (AvgIpc) is 2.28. The van der Waals surface area contributed by atoms with E-state index in [0.717, 1.165) is 11.3 Å². The number of hydrogen-bond acceptors (Lipinski definition) is 3. The molecule has 1 rings (SSSR count). The van der Waals surface area contributed by atoms with Crippen molar-refractivity contribution >= 4 is 11.6 Å². The summed E-state index contributed by atoms with van der Waals surface area (Å²) in [5.41, 5.74) is 2.39. The number of anilines is 1. The molecule has 0 aromatic heterocycles. The zero-order valence-corrected chi connectivity index (χ0v) is 9.74. The van der Waals surface area contributed by atoms with E-state index >= 15 is 0 Å². The van der Waals surface area contributed by atoms with Crippen LogP contribution >= 0.6 is 0 Å². The summed E-state index contributed by atoms with van der Waals surface area (Å²) in [6, 6.07) is 7.65. The molecule has 0 aliphatic carbocycles. The molecule has 0 saturated heterocycles. The Kier molecular flexibility index (Phi) is 3.90. The predicted molar refractivity (Wildman–Crippen MR) is 63.2 cm³/mol. The normalized spacial score (nSPS) is 9.38. The van der Waals surface area contributed by atoms with Crippen LogP contribution in [0.4, 0.5) is 5.69 Å². The highest BCUT2D eigenvalue weighted by atomic mass is 16.1. The molecule has 0 fully saturated rings. The summed E-state index contributed by atoms with van der Waals surface area (Å²) in [5.74, 6) is -0.0744. The number of benzene rings is 1. The lowest BCUT2D eigenvalue weighted by Crippen LogP contribution is -2.33. The van der Waals surface area contributed by atoms with E-state index in [2.05, 4.69) is 11.4 Å². The number of carbonyl (C=O) groups is 1. The van der Waals surface area contributed by atoms with Crippen molar-refractivity contribution in [1.29, 1.82) is 5.26 Å². The second kappa shape index (κ2) is 5.17. The summed E-state index contributed by atoms with van der Waals surface area (Å²) in [6.07, 6.45) is 0. The van der Waals surface area contributed by atoms with Gasteiger partial charge in [-0.15, -0.1) is 0 Å². The summed E-state index contributed by atoms with van der Waals surface area (Å²) in [4.78, 5) is 13.1. The van der Waals surface area contributed by atoms with E-state index in [1.54, 1.807) is 25.1 Å². The van der Waals surface area contributed by atoms with Crippen LogP contribution in [0.1, 0.15) is 11.1 Å². The van der Waals surface area contributed by atoms with Gasteiger partial charge in [-0.2, -0.15) is 5.26 Å². The van der Waals surface area contributed by atoms with Gasteiger partial charge in [0.2, 0.25) is 5.91 Å². The van der Waals surface area contributed by atoms with Crippen molar-refractivity contribution in [3.05, 3.63) is 29.3 Å². The van der Waals surface area contributed by atoms with Crippen molar-refractivity contribution in [3.63, 3.8) is 0 Å². The van der Waals surface area contributed by atoms with Crippen LogP contribution in [0.15, 0.2) is 18.2 Å². The molecule has 0 aliphatic rings. The standard InChI is InChI=1S/C12H15N3O/c1-9-5-4-6-10(7-13)12(9)15(3)8-11(16)14-2/h4-6H,8H2,1-3H3,(H,14,16). The Morgan fingerprint density at radius 1 is 1.56 bits per heavy atom. The summed E-state index contributed by atoms with van der Waals surface area (Å²) in [5, 5.41) is 11.6. The zero-order chi connectivity index (χ0) is 12.1. The molecule has 0 spiro atoms. The number of nitriles is 1. The lowest BCUT2D eigenvalue weighted by Gasteiger charge is -2.21. The number of carbonyl (C=O) groups excluding carboxylic acids is 1. The third kappa shape index (κ3) is 2.51. The number of amides is 1. The second-order valence-electron chi connectivity index (χ2n) is 3.61. The fraction of sp³-hybridized carbons (Fsp3) is 0.333. The van der Waals surface area contributed by atoms with Crippen LogP contribution in [-0.2, 0) is 4.79 Å². The zero-order valence-electron chi connectivity index (χ0n) is 9.74. The smallest absolute Gasteiger partial charge is 0.239 e. The third-order valence-electron chi connectivity index (χ3n) is 2.40. The number of nitrogens with one attached hydrogen (secondary N) is 1. The highest BCUT2D eigenvalue weighted by Crippen LogP contribution is 2.23. The van der Waals surface area contributed by atoms with Crippen LogP contribution in [0.25, 0.3) is 0 Å². The van der Waals surface area contributed by atoms with E-state index in [9.17, 15) is 4.79 Å². The molecule has 1 N–H and O–H groups in total. The van der Waals surface area contributed by atoms with Gasteiger partial charge in [-0.25, -0.2) is 0 Å². The fourth-order valence-electron chi connectivity index (χ4n) is 1.63. The first-order valence-corrected chi connectivity index (χ1v) is 5.01. The van der Waals surface area contributed by atoms with Gasteiger partial charge in [0, 0.05) is 14.1 Å². The Morgan fingerprint density at radius 2 is 2.25 bits per heavy atom. The minimum absolute atomic E-state index is 0.0744. The first-order valence-electron chi connectivity index (χ1n) is 5.01. The molecule has 0 aliphatic heterocycles. The van der Waals surface area contributed by atoms with Crippen LogP contribution in [-0.4, -0.2) is 26.5 Å². The largest absolute Gasteiger partial charge is 0.364 e. The van der Waals surface area contributed by atoms with E-state index in [1.807, 2.05) is 19.1 Å². The Hall–Kier alpha value is -2.02. The fourth-order valence-corrected chi connectivity index (χ4v) is 1.63. The Morgan fingerprint density at radius 3 is 2.81 bits per heavy atom. The molecule has 16 heavy (non-hydrogen) atoms. The molecule has 4 nitrogen and oxygen atoms in total. The molecule has 0 atom stereocenters. The Labute approximate surface area is 95.5 Å².